The molecule has 0 amide bonds. The van der Waals surface area contributed by atoms with Gasteiger partial charge < -0.3 is 20.4 Å². The summed E-state index contributed by atoms with van der Waals surface area (Å²) in [6.45, 7) is 5.41. The summed E-state index contributed by atoms with van der Waals surface area (Å²) in [4.78, 5) is 14.1. The Morgan fingerprint density at radius 3 is 1.87 bits per heavy atom. The zero-order chi connectivity index (χ0) is 27.4. The average molecular weight is 507 g/mol. The normalized spacial score (nSPS) is 12.6. The predicted octanol–water partition coefficient (Wildman–Crippen LogP) is 7.15. The van der Waals surface area contributed by atoms with E-state index in [1.807, 2.05) is 19.1 Å². The van der Waals surface area contributed by atoms with Crippen LogP contribution in [-0.2, 0) is 4.79 Å². The number of ketones is 1. The van der Waals surface area contributed by atoms with Crippen LogP contribution in [0.5, 0.6) is 23.0 Å². The summed E-state index contributed by atoms with van der Waals surface area (Å²) in [6, 6.07) is 21.9. The van der Waals surface area contributed by atoms with Gasteiger partial charge in [-0.05, 0) is 102 Å². The van der Waals surface area contributed by atoms with Gasteiger partial charge in [0, 0.05) is 5.56 Å². The highest BCUT2D eigenvalue weighted by atomic mass is 16.3. The summed E-state index contributed by atoms with van der Waals surface area (Å²) in [6.07, 6.45) is 5.20. The standard InChI is InChI=1S/C33H30O5/c1-4-5-24(22-6-11-27(34)12-7-22)19-31(37)32(26-16-20(2)33(38)21(3)17-26)29-18-25(10-15-30(29)36)23-8-13-28(35)14-9-23/h4-19,32,34-36,38H,1-3H3/b5-4-,24-19+. The molecule has 0 spiro atoms. The van der Waals surface area contributed by atoms with Gasteiger partial charge in [-0.3, -0.25) is 4.79 Å². The monoisotopic (exact) mass is 506 g/mol. The Hall–Kier alpha value is -4.77. The van der Waals surface area contributed by atoms with Crippen molar-refractivity contribution in [1.29, 1.82) is 0 Å². The molecule has 38 heavy (non-hydrogen) atoms. The SMILES string of the molecule is C/C=C\C(=C/C(=O)C(c1cc(C)c(O)c(C)c1)c1cc(-c2ccc(O)cc2)ccc1O)c1ccc(O)cc1. The smallest absolute Gasteiger partial charge is 0.168 e. The third-order valence-electron chi connectivity index (χ3n) is 6.52. The average Bonchev–Trinajstić information content (AvgIpc) is 2.89. The molecule has 0 saturated heterocycles. The van der Waals surface area contributed by atoms with Gasteiger partial charge in [-0.1, -0.05) is 54.6 Å². The lowest BCUT2D eigenvalue weighted by atomic mass is 9.83. The largest absolute Gasteiger partial charge is 0.508 e. The number of rotatable bonds is 7. The van der Waals surface area contributed by atoms with Crippen LogP contribution in [0.4, 0.5) is 0 Å². The van der Waals surface area contributed by atoms with Crippen LogP contribution in [-0.4, -0.2) is 26.2 Å². The number of benzene rings is 4. The lowest BCUT2D eigenvalue weighted by Crippen LogP contribution is -2.13. The summed E-state index contributed by atoms with van der Waals surface area (Å²) < 4.78 is 0. The van der Waals surface area contributed by atoms with E-state index in [2.05, 4.69) is 0 Å². The molecule has 192 valence electrons. The van der Waals surface area contributed by atoms with Crippen LogP contribution in [0.1, 0.15) is 40.7 Å². The Morgan fingerprint density at radius 2 is 1.29 bits per heavy atom. The molecule has 0 bridgehead atoms. The first-order chi connectivity index (χ1) is 18.2. The Kier molecular flexibility index (Phi) is 7.68. The number of carbonyl (C=O) groups is 1. The number of hydrogen-bond acceptors (Lipinski definition) is 5. The van der Waals surface area contributed by atoms with Gasteiger partial charge in [0.05, 0.1) is 5.92 Å². The fourth-order valence-corrected chi connectivity index (χ4v) is 4.57. The molecule has 4 aromatic carbocycles. The summed E-state index contributed by atoms with van der Waals surface area (Å²) in [5.41, 5.74) is 5.33. The highest BCUT2D eigenvalue weighted by Gasteiger charge is 2.26. The van der Waals surface area contributed by atoms with Gasteiger partial charge in [0.1, 0.15) is 23.0 Å². The van der Waals surface area contributed by atoms with Gasteiger partial charge in [0.2, 0.25) is 0 Å². The molecule has 4 aromatic rings. The van der Waals surface area contributed by atoms with Gasteiger partial charge in [-0.15, -0.1) is 0 Å². The molecule has 0 radical (unpaired) electrons. The summed E-state index contributed by atoms with van der Waals surface area (Å²) in [5.74, 6) is -0.706. The van der Waals surface area contributed by atoms with Gasteiger partial charge in [0.15, 0.2) is 5.78 Å². The number of phenolic OH excluding ortho intramolecular Hbond substituents is 4. The van der Waals surface area contributed by atoms with Crippen molar-refractivity contribution in [3.05, 3.63) is 125 Å². The highest BCUT2D eigenvalue weighted by molar-refractivity contribution is 6.05. The third-order valence-corrected chi connectivity index (χ3v) is 6.52. The molecule has 1 unspecified atom stereocenters. The van der Waals surface area contributed by atoms with E-state index in [9.17, 15) is 25.2 Å². The van der Waals surface area contributed by atoms with E-state index in [1.165, 1.54) is 0 Å². The van der Waals surface area contributed by atoms with Crippen molar-refractivity contribution in [1.82, 2.24) is 0 Å². The Labute approximate surface area is 222 Å². The zero-order valence-electron chi connectivity index (χ0n) is 21.5. The van der Waals surface area contributed by atoms with E-state index in [0.29, 0.717) is 27.8 Å². The first-order valence-corrected chi connectivity index (χ1v) is 12.3. The number of aromatic hydroxyl groups is 4. The van der Waals surface area contributed by atoms with Gasteiger partial charge in [-0.2, -0.15) is 0 Å². The van der Waals surface area contributed by atoms with Crippen LogP contribution in [0.25, 0.3) is 16.7 Å². The fourth-order valence-electron chi connectivity index (χ4n) is 4.57. The molecule has 4 rings (SSSR count). The van der Waals surface area contributed by atoms with Crippen molar-refractivity contribution >= 4 is 11.4 Å². The molecule has 0 fully saturated rings. The minimum Gasteiger partial charge on any atom is -0.508 e. The summed E-state index contributed by atoms with van der Waals surface area (Å²) in [7, 11) is 0. The van der Waals surface area contributed by atoms with Crippen LogP contribution in [0.2, 0.25) is 0 Å². The van der Waals surface area contributed by atoms with Crippen molar-refractivity contribution in [3.63, 3.8) is 0 Å². The van der Waals surface area contributed by atoms with Crippen LogP contribution in [0.3, 0.4) is 0 Å². The highest BCUT2D eigenvalue weighted by Crippen LogP contribution is 2.38. The molecule has 0 aliphatic rings. The van der Waals surface area contributed by atoms with Gasteiger partial charge >= 0.3 is 0 Å². The first-order valence-electron chi connectivity index (χ1n) is 12.3. The van der Waals surface area contributed by atoms with E-state index in [0.717, 1.165) is 16.7 Å². The van der Waals surface area contributed by atoms with E-state index >= 15 is 0 Å². The van der Waals surface area contributed by atoms with Gasteiger partial charge in [0.25, 0.3) is 0 Å². The Balaban J connectivity index is 1.91. The third kappa shape index (κ3) is 5.62. The van der Waals surface area contributed by atoms with Crippen molar-refractivity contribution in [2.45, 2.75) is 26.7 Å². The number of phenols is 4. The van der Waals surface area contributed by atoms with Crippen LogP contribution in [0, 0.1) is 13.8 Å². The molecule has 0 aliphatic carbocycles. The van der Waals surface area contributed by atoms with E-state index in [1.54, 1.807) is 98.8 Å². The van der Waals surface area contributed by atoms with E-state index in [4.69, 9.17) is 0 Å². The fraction of sp³-hybridized carbons (Fsp3) is 0.121. The second-order valence-electron chi connectivity index (χ2n) is 9.31. The summed E-state index contributed by atoms with van der Waals surface area (Å²) in [5, 5.41) is 40.8. The molecule has 0 heterocycles. The molecular weight excluding hydrogens is 476 g/mol. The number of aryl methyl sites for hydroxylation is 2. The molecule has 1 atom stereocenters. The Bertz CT molecular complexity index is 1500. The second-order valence-corrected chi connectivity index (χ2v) is 9.31. The van der Waals surface area contributed by atoms with E-state index < -0.39 is 5.92 Å². The predicted molar refractivity (Wildman–Crippen MR) is 151 cm³/mol. The summed E-state index contributed by atoms with van der Waals surface area (Å²) >= 11 is 0. The topological polar surface area (TPSA) is 98.0 Å². The Morgan fingerprint density at radius 1 is 0.737 bits per heavy atom. The minimum absolute atomic E-state index is 0.0279. The lowest BCUT2D eigenvalue weighted by Gasteiger charge is -2.20. The minimum atomic E-state index is -0.859. The maximum absolute atomic E-state index is 14.1. The second kappa shape index (κ2) is 11.1. The molecular formula is C33H30O5. The molecule has 0 saturated carbocycles. The van der Waals surface area contributed by atoms with Crippen molar-refractivity contribution in [2.75, 3.05) is 0 Å². The van der Waals surface area contributed by atoms with E-state index in [-0.39, 0.29) is 28.8 Å². The van der Waals surface area contributed by atoms with Crippen molar-refractivity contribution in [2.24, 2.45) is 0 Å². The zero-order valence-corrected chi connectivity index (χ0v) is 21.5. The number of hydrogen-bond donors (Lipinski definition) is 4. The number of carbonyl (C=O) groups excluding carboxylic acids is 1. The maximum atomic E-state index is 14.1. The van der Waals surface area contributed by atoms with Gasteiger partial charge in [-0.25, -0.2) is 0 Å². The maximum Gasteiger partial charge on any atom is 0.168 e. The van der Waals surface area contributed by atoms with Crippen LogP contribution < -0.4 is 0 Å². The molecule has 0 aliphatic heterocycles. The molecule has 0 aromatic heterocycles. The molecule has 4 N–H and O–H groups in total. The van der Waals surface area contributed by atoms with Crippen LogP contribution in [0.15, 0.2) is 97.1 Å². The first kappa shape index (κ1) is 26.3. The van der Waals surface area contributed by atoms with Crippen LogP contribution >= 0.6 is 0 Å². The number of allylic oxidation sites excluding steroid dienone is 4. The quantitative estimate of drug-likeness (QED) is 0.158. The molecule has 5 nitrogen and oxygen atoms in total. The van der Waals surface area contributed by atoms with Crippen molar-refractivity contribution < 1.29 is 25.2 Å². The lowest BCUT2D eigenvalue weighted by molar-refractivity contribution is -0.115. The van der Waals surface area contributed by atoms with Crippen molar-refractivity contribution in [3.8, 4) is 34.1 Å². The molecule has 5 heteroatoms.